The molecule has 1 heterocycles. The Morgan fingerprint density at radius 3 is 2.18 bits per heavy atom. The zero-order valence-electron chi connectivity index (χ0n) is 18.9. The van der Waals surface area contributed by atoms with Gasteiger partial charge in [-0.1, -0.05) is 0 Å². The number of aromatic nitrogens is 1. The molecule has 0 aliphatic rings. The second-order valence-corrected chi connectivity index (χ2v) is 7.58. The van der Waals surface area contributed by atoms with Crippen LogP contribution in [0.3, 0.4) is 0 Å². The molecule has 0 aliphatic carbocycles. The molecule has 0 spiro atoms. The van der Waals surface area contributed by atoms with Crippen LogP contribution in [0.5, 0.6) is 23.0 Å². The Bertz CT molecular complexity index is 1160. The van der Waals surface area contributed by atoms with E-state index in [1.807, 2.05) is 17.5 Å². The molecule has 3 aromatic rings. The monoisotopic (exact) mass is 472 g/mol. The summed E-state index contributed by atoms with van der Waals surface area (Å²) in [5.74, 6) is 0.949. The van der Waals surface area contributed by atoms with Gasteiger partial charge in [0.05, 0.1) is 45.4 Å². The molecule has 0 aliphatic heterocycles. The van der Waals surface area contributed by atoms with Crippen LogP contribution in [0.1, 0.15) is 23.0 Å². The summed E-state index contributed by atoms with van der Waals surface area (Å²) in [5.41, 5.74) is 1.83. The number of hydrogen-bond acceptors (Lipinski definition) is 9. The van der Waals surface area contributed by atoms with Crippen molar-refractivity contribution in [1.29, 1.82) is 0 Å². The lowest BCUT2D eigenvalue weighted by molar-refractivity contribution is -0.114. The molecule has 1 amide bonds. The maximum atomic E-state index is 12.8. The molecule has 0 radical (unpaired) electrons. The fourth-order valence-electron chi connectivity index (χ4n) is 3.03. The van der Waals surface area contributed by atoms with Crippen LogP contribution in [0.4, 0.5) is 5.69 Å². The van der Waals surface area contributed by atoms with Crippen molar-refractivity contribution in [1.82, 2.24) is 4.98 Å². The zero-order chi connectivity index (χ0) is 24.0. The van der Waals surface area contributed by atoms with Gasteiger partial charge in [-0.05, 0) is 18.2 Å². The van der Waals surface area contributed by atoms with E-state index in [-0.39, 0.29) is 23.8 Å². The smallest absolute Gasteiger partial charge is 0.340 e. The third kappa shape index (κ3) is 5.53. The van der Waals surface area contributed by atoms with Crippen LogP contribution in [0.25, 0.3) is 10.6 Å². The van der Waals surface area contributed by atoms with E-state index in [9.17, 15) is 9.59 Å². The molecule has 0 bridgehead atoms. The van der Waals surface area contributed by atoms with Gasteiger partial charge < -0.3 is 29.0 Å². The van der Waals surface area contributed by atoms with E-state index in [0.29, 0.717) is 28.7 Å². The Kier molecular flexibility index (Phi) is 7.73. The van der Waals surface area contributed by atoms with Gasteiger partial charge in [-0.2, -0.15) is 0 Å². The standard InChI is InChI=1S/C23H24N2O7S/c1-13(26)24-17-10-21(31-5)20(30-4)9-16(17)23(27)32-11-15-12-33-22(25-15)14-6-7-18(28-2)19(8-14)29-3/h6-10,12H,11H2,1-5H3,(H,24,26). The highest BCUT2D eigenvalue weighted by Gasteiger charge is 2.20. The number of hydrogen-bond donors (Lipinski definition) is 1. The second-order valence-electron chi connectivity index (χ2n) is 6.72. The minimum absolute atomic E-state index is 0.0452. The third-order valence-corrected chi connectivity index (χ3v) is 5.53. The number of carbonyl (C=O) groups is 2. The number of benzene rings is 2. The number of methoxy groups -OCH3 is 4. The summed E-state index contributed by atoms with van der Waals surface area (Å²) in [6.07, 6.45) is 0. The molecule has 1 aromatic heterocycles. The van der Waals surface area contributed by atoms with Crippen molar-refractivity contribution in [2.24, 2.45) is 0 Å². The van der Waals surface area contributed by atoms with Gasteiger partial charge in [0.2, 0.25) is 5.91 Å². The van der Waals surface area contributed by atoms with Crippen LogP contribution in [-0.4, -0.2) is 45.3 Å². The number of esters is 1. The highest BCUT2D eigenvalue weighted by atomic mass is 32.1. The van der Waals surface area contributed by atoms with Crippen LogP contribution < -0.4 is 24.3 Å². The summed E-state index contributed by atoms with van der Waals surface area (Å²) in [5, 5.41) is 5.16. The molecular weight excluding hydrogens is 448 g/mol. The Morgan fingerprint density at radius 1 is 0.909 bits per heavy atom. The van der Waals surface area contributed by atoms with Gasteiger partial charge >= 0.3 is 5.97 Å². The summed E-state index contributed by atoms with van der Waals surface area (Å²) in [6, 6.07) is 8.48. The SMILES string of the molecule is COc1ccc(-c2nc(COC(=O)c3cc(OC)c(OC)cc3NC(C)=O)cs2)cc1OC. The van der Waals surface area contributed by atoms with Crippen molar-refractivity contribution in [3.63, 3.8) is 0 Å². The summed E-state index contributed by atoms with van der Waals surface area (Å²) in [6.45, 7) is 1.30. The minimum atomic E-state index is -0.639. The van der Waals surface area contributed by atoms with Crippen LogP contribution in [0.15, 0.2) is 35.7 Å². The summed E-state index contributed by atoms with van der Waals surface area (Å²) in [4.78, 5) is 28.9. The highest BCUT2D eigenvalue weighted by molar-refractivity contribution is 7.13. The van der Waals surface area contributed by atoms with Gasteiger partial charge in [0.25, 0.3) is 0 Å². The number of ether oxygens (including phenoxy) is 5. The van der Waals surface area contributed by atoms with Crippen molar-refractivity contribution < 1.29 is 33.3 Å². The van der Waals surface area contributed by atoms with Crippen LogP contribution >= 0.6 is 11.3 Å². The highest BCUT2D eigenvalue weighted by Crippen LogP contribution is 2.35. The predicted octanol–water partition coefficient (Wildman–Crippen LogP) is 4.16. The van der Waals surface area contributed by atoms with E-state index in [0.717, 1.165) is 10.6 Å². The Labute approximate surface area is 195 Å². The Hall–Kier alpha value is -3.79. The average Bonchev–Trinajstić information content (AvgIpc) is 3.30. The van der Waals surface area contributed by atoms with Gasteiger partial charge in [0, 0.05) is 30.0 Å². The minimum Gasteiger partial charge on any atom is -0.493 e. The normalized spacial score (nSPS) is 10.3. The lowest BCUT2D eigenvalue weighted by Crippen LogP contribution is -2.13. The van der Waals surface area contributed by atoms with Gasteiger partial charge in [-0.15, -0.1) is 11.3 Å². The molecule has 10 heteroatoms. The lowest BCUT2D eigenvalue weighted by Gasteiger charge is -2.14. The fraction of sp³-hybridized carbons (Fsp3) is 0.261. The maximum Gasteiger partial charge on any atom is 0.340 e. The van der Waals surface area contributed by atoms with Crippen LogP contribution in [0.2, 0.25) is 0 Å². The van der Waals surface area contributed by atoms with Crippen molar-refractivity contribution in [2.75, 3.05) is 33.8 Å². The number of rotatable bonds is 9. The quantitative estimate of drug-likeness (QED) is 0.463. The molecular formula is C23H24N2O7S. The molecule has 0 unspecified atom stereocenters. The molecule has 33 heavy (non-hydrogen) atoms. The summed E-state index contributed by atoms with van der Waals surface area (Å²) < 4.78 is 26.6. The topological polar surface area (TPSA) is 105 Å². The first kappa shape index (κ1) is 23.9. The van der Waals surface area contributed by atoms with E-state index >= 15 is 0 Å². The number of amides is 1. The van der Waals surface area contributed by atoms with Gasteiger partial charge in [0.15, 0.2) is 23.0 Å². The predicted molar refractivity (Wildman–Crippen MR) is 124 cm³/mol. The zero-order valence-corrected chi connectivity index (χ0v) is 19.7. The number of anilines is 1. The summed E-state index contributed by atoms with van der Waals surface area (Å²) in [7, 11) is 6.06. The number of thiazole rings is 1. The number of nitrogens with one attached hydrogen (secondary N) is 1. The van der Waals surface area contributed by atoms with Gasteiger partial charge in [0.1, 0.15) is 11.6 Å². The molecule has 0 saturated carbocycles. The van der Waals surface area contributed by atoms with E-state index < -0.39 is 5.97 Å². The van der Waals surface area contributed by atoms with E-state index in [2.05, 4.69) is 10.3 Å². The van der Waals surface area contributed by atoms with E-state index in [4.69, 9.17) is 23.7 Å². The third-order valence-electron chi connectivity index (χ3n) is 4.59. The molecule has 9 nitrogen and oxygen atoms in total. The lowest BCUT2D eigenvalue weighted by atomic mass is 10.1. The van der Waals surface area contributed by atoms with Crippen LogP contribution in [0, 0.1) is 0 Å². The summed E-state index contributed by atoms with van der Waals surface area (Å²) >= 11 is 1.41. The van der Waals surface area contributed by atoms with Gasteiger partial charge in [-0.25, -0.2) is 9.78 Å². The number of nitrogens with zero attached hydrogens (tertiary/aromatic N) is 1. The average molecular weight is 473 g/mol. The largest absolute Gasteiger partial charge is 0.493 e. The first-order chi connectivity index (χ1) is 15.9. The number of carbonyl (C=O) groups excluding carboxylic acids is 2. The van der Waals surface area contributed by atoms with Crippen molar-refractivity contribution in [3.8, 4) is 33.6 Å². The van der Waals surface area contributed by atoms with Crippen molar-refractivity contribution >= 4 is 28.9 Å². The Morgan fingerprint density at radius 2 is 1.55 bits per heavy atom. The van der Waals surface area contributed by atoms with E-state index in [1.54, 1.807) is 20.3 Å². The van der Waals surface area contributed by atoms with Crippen molar-refractivity contribution in [3.05, 3.63) is 47.0 Å². The molecule has 0 atom stereocenters. The van der Waals surface area contributed by atoms with Crippen molar-refractivity contribution in [2.45, 2.75) is 13.5 Å². The molecule has 2 aromatic carbocycles. The van der Waals surface area contributed by atoms with Crippen LogP contribution in [-0.2, 0) is 16.1 Å². The van der Waals surface area contributed by atoms with Gasteiger partial charge in [-0.3, -0.25) is 4.79 Å². The van der Waals surface area contributed by atoms with E-state index in [1.165, 1.54) is 44.6 Å². The first-order valence-electron chi connectivity index (χ1n) is 9.77. The molecule has 0 saturated heterocycles. The molecule has 1 N–H and O–H groups in total. The molecule has 0 fully saturated rings. The molecule has 174 valence electrons. The molecule has 3 rings (SSSR count). The maximum absolute atomic E-state index is 12.8. The Balaban J connectivity index is 1.78. The first-order valence-corrected chi connectivity index (χ1v) is 10.7. The second kappa shape index (κ2) is 10.7. The fourth-order valence-corrected chi connectivity index (χ4v) is 3.83.